The van der Waals surface area contributed by atoms with Crippen molar-refractivity contribution < 1.29 is 4.79 Å². The van der Waals surface area contributed by atoms with Gasteiger partial charge < -0.3 is 10.6 Å². The van der Waals surface area contributed by atoms with Crippen molar-refractivity contribution in [3.8, 4) is 0 Å². The Morgan fingerprint density at radius 3 is 2.69 bits per heavy atom. The largest absolute Gasteiger partial charge is 0.365 e. The molecule has 0 aromatic carbocycles. The van der Waals surface area contributed by atoms with E-state index in [0.717, 1.165) is 12.8 Å². The number of anilines is 2. The highest BCUT2D eigenvalue weighted by Gasteiger charge is 2.29. The van der Waals surface area contributed by atoms with E-state index < -0.39 is 0 Å². The second-order valence-electron chi connectivity index (χ2n) is 3.74. The highest BCUT2D eigenvalue weighted by Crippen LogP contribution is 2.29. The fraction of sp³-hybridized carbons (Fsp3) is 0.364. The van der Waals surface area contributed by atoms with E-state index in [0.29, 0.717) is 18.2 Å². The summed E-state index contributed by atoms with van der Waals surface area (Å²) in [6, 6.07) is 3.51. The molecule has 0 unspecified atom stereocenters. The van der Waals surface area contributed by atoms with Crippen LogP contribution in [0, 0.1) is 5.92 Å². The molecular weight excluding hydrogens is 204 g/mol. The third kappa shape index (κ3) is 2.79. The average Bonchev–Trinajstić information content (AvgIpc) is 3.12. The van der Waals surface area contributed by atoms with Crippen LogP contribution in [0.4, 0.5) is 11.6 Å². The molecule has 16 heavy (non-hydrogen) atoms. The van der Waals surface area contributed by atoms with Gasteiger partial charge in [-0.05, 0) is 25.0 Å². The van der Waals surface area contributed by atoms with E-state index in [1.54, 1.807) is 18.2 Å². The van der Waals surface area contributed by atoms with E-state index in [2.05, 4.69) is 27.4 Å². The quantitative estimate of drug-likeness (QED) is 0.733. The van der Waals surface area contributed by atoms with Gasteiger partial charge >= 0.3 is 0 Å². The molecule has 2 rings (SSSR count). The number of carbonyl (C=O) groups is 1. The molecule has 1 aliphatic carbocycles. The second kappa shape index (κ2) is 4.74. The lowest BCUT2D eigenvalue weighted by Crippen LogP contribution is -2.15. The molecule has 1 aliphatic rings. The molecule has 0 aliphatic heterocycles. The van der Waals surface area contributed by atoms with Crippen LogP contribution in [0.2, 0.25) is 0 Å². The van der Waals surface area contributed by atoms with E-state index in [9.17, 15) is 4.79 Å². The van der Waals surface area contributed by atoms with Gasteiger partial charge in [-0.25, -0.2) is 0 Å². The van der Waals surface area contributed by atoms with Gasteiger partial charge in [-0.15, -0.1) is 16.8 Å². The lowest BCUT2D eigenvalue weighted by molar-refractivity contribution is -0.117. The minimum atomic E-state index is 0.0427. The Balaban J connectivity index is 1.90. The zero-order valence-electron chi connectivity index (χ0n) is 8.94. The summed E-state index contributed by atoms with van der Waals surface area (Å²) >= 11 is 0. The summed E-state index contributed by atoms with van der Waals surface area (Å²) in [7, 11) is 0. The third-order valence-electron chi connectivity index (χ3n) is 2.29. The summed E-state index contributed by atoms with van der Waals surface area (Å²) in [4.78, 5) is 11.4. The Labute approximate surface area is 94.0 Å². The van der Waals surface area contributed by atoms with Crippen LogP contribution in [-0.4, -0.2) is 22.6 Å². The van der Waals surface area contributed by atoms with Crippen LogP contribution in [0.1, 0.15) is 12.8 Å². The van der Waals surface area contributed by atoms with Crippen LogP contribution >= 0.6 is 0 Å². The molecule has 1 fully saturated rings. The van der Waals surface area contributed by atoms with Crippen LogP contribution in [0.3, 0.4) is 0 Å². The normalized spacial score (nSPS) is 14.2. The Kier molecular flexibility index (Phi) is 3.14. The van der Waals surface area contributed by atoms with Crippen LogP contribution in [0.5, 0.6) is 0 Å². The van der Waals surface area contributed by atoms with E-state index in [1.807, 2.05) is 0 Å². The molecule has 0 radical (unpaired) electrons. The van der Waals surface area contributed by atoms with Crippen molar-refractivity contribution >= 4 is 17.5 Å². The SMILES string of the molecule is C=CCNc1ccc(NC(=O)C2CC2)nn1. The summed E-state index contributed by atoms with van der Waals surface area (Å²) in [6.45, 7) is 4.23. The zero-order chi connectivity index (χ0) is 11.4. The number of carbonyl (C=O) groups excluding carboxylic acids is 1. The van der Waals surface area contributed by atoms with E-state index in [1.165, 1.54) is 0 Å². The van der Waals surface area contributed by atoms with Crippen LogP contribution < -0.4 is 10.6 Å². The maximum Gasteiger partial charge on any atom is 0.228 e. The molecule has 0 saturated heterocycles. The first kappa shape index (κ1) is 10.6. The van der Waals surface area contributed by atoms with Crippen LogP contribution in [-0.2, 0) is 4.79 Å². The molecular formula is C11H14N4O. The molecule has 0 spiro atoms. The average molecular weight is 218 g/mol. The highest BCUT2D eigenvalue weighted by atomic mass is 16.2. The molecule has 2 N–H and O–H groups in total. The number of hydrogen-bond acceptors (Lipinski definition) is 4. The van der Waals surface area contributed by atoms with Gasteiger partial charge in [0.25, 0.3) is 0 Å². The summed E-state index contributed by atoms with van der Waals surface area (Å²) in [5.74, 6) is 1.40. The summed E-state index contributed by atoms with van der Waals surface area (Å²) in [5.41, 5.74) is 0. The Bertz CT molecular complexity index is 383. The predicted octanol–water partition coefficient (Wildman–Crippen LogP) is 1.42. The van der Waals surface area contributed by atoms with E-state index >= 15 is 0 Å². The highest BCUT2D eigenvalue weighted by molar-refractivity contribution is 5.93. The Morgan fingerprint density at radius 2 is 2.12 bits per heavy atom. The van der Waals surface area contributed by atoms with Gasteiger partial charge in [0, 0.05) is 12.5 Å². The van der Waals surface area contributed by atoms with Crippen molar-refractivity contribution in [3.63, 3.8) is 0 Å². The van der Waals surface area contributed by atoms with Gasteiger partial charge in [-0.2, -0.15) is 0 Å². The van der Waals surface area contributed by atoms with Gasteiger partial charge in [0.1, 0.15) is 5.82 Å². The number of amides is 1. The number of hydrogen-bond donors (Lipinski definition) is 2. The van der Waals surface area contributed by atoms with Gasteiger partial charge in [-0.1, -0.05) is 6.08 Å². The summed E-state index contributed by atoms with van der Waals surface area (Å²) < 4.78 is 0. The first-order valence-electron chi connectivity index (χ1n) is 5.29. The van der Waals surface area contributed by atoms with Gasteiger partial charge in [0.15, 0.2) is 5.82 Å². The van der Waals surface area contributed by atoms with E-state index in [-0.39, 0.29) is 11.8 Å². The topological polar surface area (TPSA) is 66.9 Å². The maximum absolute atomic E-state index is 11.4. The molecule has 5 nitrogen and oxygen atoms in total. The van der Waals surface area contributed by atoms with Crippen LogP contribution in [0.25, 0.3) is 0 Å². The van der Waals surface area contributed by atoms with Crippen molar-refractivity contribution in [2.45, 2.75) is 12.8 Å². The smallest absolute Gasteiger partial charge is 0.228 e. The zero-order valence-corrected chi connectivity index (χ0v) is 8.94. The minimum Gasteiger partial charge on any atom is -0.365 e. The Morgan fingerprint density at radius 1 is 1.44 bits per heavy atom. The first-order valence-corrected chi connectivity index (χ1v) is 5.29. The summed E-state index contributed by atoms with van der Waals surface area (Å²) in [6.07, 6.45) is 3.71. The molecule has 1 aromatic heterocycles. The van der Waals surface area contributed by atoms with Crippen molar-refractivity contribution in [1.82, 2.24) is 10.2 Å². The number of rotatable bonds is 5. The van der Waals surface area contributed by atoms with Gasteiger partial charge in [-0.3, -0.25) is 4.79 Å². The van der Waals surface area contributed by atoms with Crippen molar-refractivity contribution in [3.05, 3.63) is 24.8 Å². The molecule has 1 amide bonds. The van der Waals surface area contributed by atoms with Crippen LogP contribution in [0.15, 0.2) is 24.8 Å². The molecule has 84 valence electrons. The minimum absolute atomic E-state index is 0.0427. The molecule has 0 bridgehead atoms. The second-order valence-corrected chi connectivity index (χ2v) is 3.74. The number of nitrogens with one attached hydrogen (secondary N) is 2. The molecule has 5 heteroatoms. The molecule has 0 atom stereocenters. The third-order valence-corrected chi connectivity index (χ3v) is 2.29. The lowest BCUT2D eigenvalue weighted by Gasteiger charge is -2.04. The monoisotopic (exact) mass is 218 g/mol. The number of aromatic nitrogens is 2. The van der Waals surface area contributed by atoms with Crippen molar-refractivity contribution in [2.24, 2.45) is 5.92 Å². The summed E-state index contributed by atoms with van der Waals surface area (Å²) in [5, 5.41) is 13.6. The van der Waals surface area contributed by atoms with Gasteiger partial charge in [0.2, 0.25) is 5.91 Å². The molecule has 1 heterocycles. The predicted molar refractivity (Wildman–Crippen MR) is 62.1 cm³/mol. The van der Waals surface area contributed by atoms with Crippen molar-refractivity contribution in [2.75, 3.05) is 17.2 Å². The lowest BCUT2D eigenvalue weighted by atomic mass is 10.4. The standard InChI is InChI=1S/C11H14N4O/c1-2-7-12-9-5-6-10(15-14-9)13-11(16)8-3-4-8/h2,5-6,8H,1,3-4,7H2,(H,12,14)(H,13,15,16). The number of nitrogens with zero attached hydrogens (tertiary/aromatic N) is 2. The fourth-order valence-corrected chi connectivity index (χ4v) is 1.24. The fourth-order valence-electron chi connectivity index (χ4n) is 1.24. The molecule has 1 saturated carbocycles. The van der Waals surface area contributed by atoms with E-state index in [4.69, 9.17) is 0 Å². The van der Waals surface area contributed by atoms with Gasteiger partial charge in [0.05, 0.1) is 0 Å². The Hall–Kier alpha value is -1.91. The molecule has 1 aromatic rings. The maximum atomic E-state index is 11.4. The van der Waals surface area contributed by atoms with Crippen molar-refractivity contribution in [1.29, 1.82) is 0 Å². The first-order chi connectivity index (χ1) is 7.79.